The van der Waals surface area contributed by atoms with Crippen molar-refractivity contribution in [3.05, 3.63) is 35.4 Å². The Morgan fingerprint density at radius 1 is 1.36 bits per heavy atom. The Bertz CT molecular complexity index is 864. The topological polar surface area (TPSA) is 59.0 Å². The number of likely N-dealkylation sites (tertiary alicyclic amines) is 1. The normalized spacial score (nSPS) is 37.9. The molecule has 1 aromatic carbocycles. The molecule has 1 spiro atoms. The monoisotopic (exact) mass is 383 g/mol. The Morgan fingerprint density at radius 3 is 2.93 bits per heavy atom. The van der Waals surface area contributed by atoms with Crippen molar-refractivity contribution in [3.8, 4) is 11.5 Å². The number of piperidine rings is 1. The van der Waals surface area contributed by atoms with Gasteiger partial charge in [-0.2, -0.15) is 0 Å². The summed E-state index contributed by atoms with van der Waals surface area (Å²) < 4.78 is 10.9. The SMILES string of the molecule is CCOC(=O)[C@H]1C[C@@]23C=C[C@@H]1C[C@@]21CCN(C)[C@@H]3Cc2ccc(OC)c(O)c21. The molecule has 1 aromatic rings. The highest BCUT2D eigenvalue weighted by molar-refractivity contribution is 5.75. The number of hydrogen-bond acceptors (Lipinski definition) is 5. The second kappa shape index (κ2) is 5.99. The van der Waals surface area contributed by atoms with Gasteiger partial charge in [-0.15, -0.1) is 0 Å². The average molecular weight is 383 g/mol. The molecule has 2 fully saturated rings. The summed E-state index contributed by atoms with van der Waals surface area (Å²) >= 11 is 0. The summed E-state index contributed by atoms with van der Waals surface area (Å²) in [5, 5.41) is 11.2. The van der Waals surface area contributed by atoms with Gasteiger partial charge in [-0.25, -0.2) is 0 Å². The molecule has 28 heavy (non-hydrogen) atoms. The highest BCUT2D eigenvalue weighted by Gasteiger charge is 2.68. The minimum Gasteiger partial charge on any atom is -0.504 e. The van der Waals surface area contributed by atoms with Crippen LogP contribution >= 0.6 is 0 Å². The molecule has 6 rings (SSSR count). The molecule has 1 saturated heterocycles. The number of nitrogens with zero attached hydrogens (tertiary/aromatic N) is 1. The van der Waals surface area contributed by atoms with Crippen LogP contribution in [-0.2, 0) is 21.4 Å². The smallest absolute Gasteiger partial charge is 0.309 e. The largest absolute Gasteiger partial charge is 0.504 e. The van der Waals surface area contributed by atoms with Gasteiger partial charge in [-0.3, -0.25) is 4.79 Å². The number of rotatable bonds is 3. The molecule has 5 heteroatoms. The van der Waals surface area contributed by atoms with Gasteiger partial charge in [0.1, 0.15) is 0 Å². The van der Waals surface area contributed by atoms with E-state index in [0.29, 0.717) is 24.1 Å². The van der Waals surface area contributed by atoms with E-state index in [4.69, 9.17) is 9.47 Å². The third-order valence-electron chi connectivity index (χ3n) is 8.14. The van der Waals surface area contributed by atoms with Gasteiger partial charge in [0.15, 0.2) is 11.5 Å². The molecule has 1 saturated carbocycles. The summed E-state index contributed by atoms with van der Waals surface area (Å²) in [5.74, 6) is 0.874. The molecule has 0 aromatic heterocycles. The Balaban J connectivity index is 1.70. The van der Waals surface area contributed by atoms with Crippen molar-refractivity contribution in [2.24, 2.45) is 17.3 Å². The predicted molar refractivity (Wildman–Crippen MR) is 105 cm³/mol. The average Bonchev–Trinajstić information content (AvgIpc) is 2.70. The first kappa shape index (κ1) is 18.0. The molecule has 1 heterocycles. The number of phenols is 1. The van der Waals surface area contributed by atoms with E-state index in [0.717, 1.165) is 37.8 Å². The number of carbonyl (C=O) groups excluding carboxylic acids is 1. The number of phenolic OH excluding ortho intramolecular Hbond substituents is 1. The number of aromatic hydroxyl groups is 1. The van der Waals surface area contributed by atoms with Gasteiger partial charge in [-0.05, 0) is 63.7 Å². The molecule has 0 unspecified atom stereocenters. The lowest BCUT2D eigenvalue weighted by Crippen LogP contribution is -2.70. The molecular weight excluding hydrogens is 354 g/mol. The third kappa shape index (κ3) is 2.03. The number of benzene rings is 1. The van der Waals surface area contributed by atoms with Gasteiger partial charge in [0, 0.05) is 22.4 Å². The van der Waals surface area contributed by atoms with Gasteiger partial charge in [0.2, 0.25) is 0 Å². The van der Waals surface area contributed by atoms with Crippen molar-refractivity contribution in [1.29, 1.82) is 0 Å². The molecule has 0 amide bonds. The molecule has 4 bridgehead atoms. The zero-order valence-electron chi connectivity index (χ0n) is 16.9. The van der Waals surface area contributed by atoms with Crippen LogP contribution in [0.5, 0.6) is 11.5 Å². The second-order valence-corrected chi connectivity index (χ2v) is 9.01. The van der Waals surface area contributed by atoms with Crippen molar-refractivity contribution in [1.82, 2.24) is 4.90 Å². The molecule has 5 atom stereocenters. The van der Waals surface area contributed by atoms with Crippen LogP contribution in [0.3, 0.4) is 0 Å². The van der Waals surface area contributed by atoms with Gasteiger partial charge < -0.3 is 19.5 Å². The fourth-order valence-corrected chi connectivity index (χ4v) is 6.98. The van der Waals surface area contributed by atoms with E-state index < -0.39 is 0 Å². The third-order valence-corrected chi connectivity index (χ3v) is 8.14. The van der Waals surface area contributed by atoms with E-state index in [1.54, 1.807) is 7.11 Å². The number of carbonyl (C=O) groups is 1. The van der Waals surface area contributed by atoms with Gasteiger partial charge >= 0.3 is 5.97 Å². The van der Waals surface area contributed by atoms with Crippen molar-refractivity contribution in [2.75, 3.05) is 27.3 Å². The quantitative estimate of drug-likeness (QED) is 0.642. The zero-order chi connectivity index (χ0) is 19.7. The summed E-state index contributed by atoms with van der Waals surface area (Å²) in [5.41, 5.74) is 2.02. The number of hydrogen-bond donors (Lipinski definition) is 1. The maximum Gasteiger partial charge on any atom is 0.309 e. The predicted octanol–water partition coefficient (Wildman–Crippen LogP) is 3.04. The number of fused-ring (bicyclic) bond motifs is 2. The molecule has 4 aliphatic carbocycles. The second-order valence-electron chi connectivity index (χ2n) is 9.01. The Labute approximate surface area is 166 Å². The number of allylic oxidation sites excluding steroid dienone is 1. The lowest BCUT2D eigenvalue weighted by Gasteiger charge is -2.68. The molecular formula is C23H29NO4. The first-order chi connectivity index (χ1) is 13.5. The van der Waals surface area contributed by atoms with Crippen LogP contribution in [0.2, 0.25) is 0 Å². The van der Waals surface area contributed by atoms with Crippen molar-refractivity contribution in [2.45, 2.75) is 44.1 Å². The van der Waals surface area contributed by atoms with Crippen LogP contribution in [0.4, 0.5) is 0 Å². The zero-order valence-corrected chi connectivity index (χ0v) is 16.9. The Hall–Kier alpha value is -2.01. The fraction of sp³-hybridized carbons (Fsp3) is 0.609. The maximum absolute atomic E-state index is 12.7. The molecule has 150 valence electrons. The number of methoxy groups -OCH3 is 1. The molecule has 0 radical (unpaired) electrons. The summed E-state index contributed by atoms with van der Waals surface area (Å²) in [7, 11) is 3.81. The van der Waals surface area contributed by atoms with Gasteiger partial charge in [0.25, 0.3) is 0 Å². The summed E-state index contributed by atoms with van der Waals surface area (Å²) in [6.45, 7) is 3.31. The Kier molecular flexibility index (Phi) is 3.86. The molecule has 5 aliphatic rings. The first-order valence-corrected chi connectivity index (χ1v) is 10.4. The standard InChI is InChI=1S/C23H29NO4/c1-4-28-21(26)16-13-22-8-7-15(16)12-23(22)9-10-24(2)18(22)11-14-5-6-17(27-3)20(25)19(14)23/h5-8,15-16,18,25H,4,9-13H2,1-3H3/t15-,16+,18-,22-,23-/m1/s1. The van der Waals surface area contributed by atoms with Crippen LogP contribution in [0, 0.1) is 17.3 Å². The van der Waals surface area contributed by atoms with E-state index >= 15 is 0 Å². The minimum atomic E-state index is -0.150. The number of ether oxygens (including phenoxy) is 2. The van der Waals surface area contributed by atoms with E-state index in [1.807, 2.05) is 13.0 Å². The van der Waals surface area contributed by atoms with Gasteiger partial charge in [0.05, 0.1) is 19.6 Å². The van der Waals surface area contributed by atoms with Crippen LogP contribution in [0.1, 0.15) is 37.3 Å². The molecule has 1 aliphatic heterocycles. The fourth-order valence-electron chi connectivity index (χ4n) is 6.98. The molecule has 5 nitrogen and oxygen atoms in total. The maximum atomic E-state index is 12.7. The molecule has 1 N–H and O–H groups in total. The first-order valence-electron chi connectivity index (χ1n) is 10.4. The Morgan fingerprint density at radius 2 is 2.18 bits per heavy atom. The van der Waals surface area contributed by atoms with E-state index in [-0.39, 0.29) is 28.6 Å². The van der Waals surface area contributed by atoms with Gasteiger partial charge in [-0.1, -0.05) is 18.2 Å². The van der Waals surface area contributed by atoms with Crippen LogP contribution < -0.4 is 4.74 Å². The number of likely N-dealkylation sites (N-methyl/N-ethyl adjacent to an activating group) is 1. The van der Waals surface area contributed by atoms with E-state index in [9.17, 15) is 9.90 Å². The van der Waals surface area contributed by atoms with E-state index in [2.05, 4.69) is 30.2 Å². The highest BCUT2D eigenvalue weighted by Crippen LogP contribution is 2.70. The van der Waals surface area contributed by atoms with Crippen molar-refractivity contribution >= 4 is 5.97 Å². The lowest BCUT2D eigenvalue weighted by atomic mass is 9.38. The van der Waals surface area contributed by atoms with Crippen LogP contribution in [0.25, 0.3) is 0 Å². The minimum absolute atomic E-state index is 0.0625. The van der Waals surface area contributed by atoms with Crippen LogP contribution in [-0.4, -0.2) is 49.3 Å². The summed E-state index contributed by atoms with van der Waals surface area (Å²) in [4.78, 5) is 15.2. The summed E-state index contributed by atoms with van der Waals surface area (Å²) in [6, 6.07) is 4.34. The van der Waals surface area contributed by atoms with Crippen molar-refractivity contribution < 1.29 is 19.4 Å². The summed E-state index contributed by atoms with van der Waals surface area (Å²) in [6.07, 6.45) is 8.22. The highest BCUT2D eigenvalue weighted by atomic mass is 16.5. The van der Waals surface area contributed by atoms with Crippen molar-refractivity contribution in [3.63, 3.8) is 0 Å². The van der Waals surface area contributed by atoms with Crippen LogP contribution in [0.15, 0.2) is 24.3 Å². The number of esters is 1. The van der Waals surface area contributed by atoms with E-state index in [1.165, 1.54) is 5.56 Å². The lowest BCUT2D eigenvalue weighted by molar-refractivity contribution is -0.160.